The molecule has 1 aromatic rings. The fourth-order valence-electron chi connectivity index (χ4n) is 3.19. The summed E-state index contributed by atoms with van der Waals surface area (Å²) in [6, 6.07) is 0. The summed E-state index contributed by atoms with van der Waals surface area (Å²) in [6.07, 6.45) is 8.35. The molecule has 2 rings (SSSR count). The van der Waals surface area contributed by atoms with Crippen LogP contribution >= 0.6 is 11.8 Å². The first kappa shape index (κ1) is 20.7. The van der Waals surface area contributed by atoms with Crippen LogP contribution in [0.25, 0.3) is 0 Å². The Labute approximate surface area is 160 Å². The van der Waals surface area contributed by atoms with E-state index in [-0.39, 0.29) is 24.9 Å². The summed E-state index contributed by atoms with van der Waals surface area (Å²) < 4.78 is 5.20. The molecule has 1 aliphatic heterocycles. The molecule has 1 amide bonds. The van der Waals surface area contributed by atoms with Crippen LogP contribution in [0.15, 0.2) is 5.16 Å². The molecule has 6 nitrogen and oxygen atoms in total. The van der Waals surface area contributed by atoms with Crippen molar-refractivity contribution in [1.82, 2.24) is 14.9 Å². The fraction of sp³-hybridized carbons (Fsp3) is 0.684. The van der Waals surface area contributed by atoms with Gasteiger partial charge in [-0.3, -0.25) is 9.59 Å². The first-order chi connectivity index (χ1) is 12.5. The van der Waals surface area contributed by atoms with Crippen LogP contribution in [0.4, 0.5) is 0 Å². The van der Waals surface area contributed by atoms with Gasteiger partial charge in [-0.25, -0.2) is 9.97 Å². The van der Waals surface area contributed by atoms with Gasteiger partial charge in [-0.2, -0.15) is 0 Å². The van der Waals surface area contributed by atoms with Crippen LogP contribution in [0.2, 0.25) is 0 Å². The Morgan fingerprint density at radius 2 is 1.62 bits per heavy atom. The molecule has 1 aromatic heterocycles. The number of nitrogens with zero attached hydrogens (tertiary/aromatic N) is 3. The summed E-state index contributed by atoms with van der Waals surface area (Å²) in [5.41, 5.74) is 2.77. The number of ether oxygens (including phenoxy) is 1. The molecule has 2 heterocycles. The lowest BCUT2D eigenvalue weighted by Crippen LogP contribution is -2.37. The Hall–Kier alpha value is -1.63. The highest BCUT2D eigenvalue weighted by Gasteiger charge is 2.17. The van der Waals surface area contributed by atoms with Crippen molar-refractivity contribution in [2.75, 3.05) is 26.0 Å². The molecule has 7 heteroatoms. The number of carbonyl (C=O) groups excluding carboxylic acids is 2. The van der Waals surface area contributed by atoms with Crippen molar-refractivity contribution in [3.05, 3.63) is 17.0 Å². The average Bonchev–Trinajstić information content (AvgIpc) is 2.58. The fourth-order valence-corrected chi connectivity index (χ4v) is 3.65. The number of amides is 1. The van der Waals surface area contributed by atoms with Gasteiger partial charge in [-0.05, 0) is 44.9 Å². The van der Waals surface area contributed by atoms with Crippen LogP contribution in [-0.2, 0) is 20.7 Å². The number of rotatable bonds is 6. The molecule has 0 aromatic carbocycles. The normalized spacial score (nSPS) is 15.3. The first-order valence-corrected chi connectivity index (χ1v) is 10.5. The predicted octanol–water partition coefficient (Wildman–Crippen LogP) is 3.08. The van der Waals surface area contributed by atoms with Crippen molar-refractivity contribution in [2.45, 2.75) is 63.9 Å². The van der Waals surface area contributed by atoms with Crippen molar-refractivity contribution in [3.8, 4) is 0 Å². The highest BCUT2D eigenvalue weighted by Crippen LogP contribution is 2.17. The monoisotopic (exact) mass is 379 g/mol. The molecule has 1 fully saturated rings. The van der Waals surface area contributed by atoms with Gasteiger partial charge in [-0.15, -0.1) is 0 Å². The maximum Gasteiger partial charge on any atom is 0.306 e. The van der Waals surface area contributed by atoms with Gasteiger partial charge >= 0.3 is 5.97 Å². The Bertz CT molecular complexity index is 605. The van der Waals surface area contributed by atoms with E-state index in [1.165, 1.54) is 31.0 Å². The van der Waals surface area contributed by atoms with E-state index >= 15 is 0 Å². The minimum atomic E-state index is -0.349. The highest BCUT2D eigenvalue weighted by atomic mass is 32.2. The Balaban J connectivity index is 1.79. The van der Waals surface area contributed by atoms with E-state index in [1.54, 1.807) is 0 Å². The van der Waals surface area contributed by atoms with Crippen molar-refractivity contribution in [3.63, 3.8) is 0 Å². The third-order valence-corrected chi connectivity index (χ3v) is 5.27. The molecule has 0 spiro atoms. The minimum Gasteiger partial charge on any atom is -0.456 e. The van der Waals surface area contributed by atoms with Gasteiger partial charge in [-0.1, -0.05) is 31.0 Å². The van der Waals surface area contributed by atoms with Crippen molar-refractivity contribution in [1.29, 1.82) is 0 Å². The SMILES string of the molecule is CSc1nc(C)c(CCC(=O)OCC(=O)N2CCCCCCC2)c(C)n1. The quantitative estimate of drug-likeness (QED) is 0.430. The summed E-state index contributed by atoms with van der Waals surface area (Å²) in [6.45, 7) is 5.25. The van der Waals surface area contributed by atoms with Gasteiger partial charge < -0.3 is 9.64 Å². The van der Waals surface area contributed by atoms with Gasteiger partial charge in [0.1, 0.15) is 0 Å². The molecule has 144 valence electrons. The second-order valence-electron chi connectivity index (χ2n) is 6.67. The number of aromatic nitrogens is 2. The van der Waals surface area contributed by atoms with Gasteiger partial charge in [0.2, 0.25) is 0 Å². The minimum absolute atomic E-state index is 0.0831. The lowest BCUT2D eigenvalue weighted by atomic mass is 10.1. The summed E-state index contributed by atoms with van der Waals surface area (Å²) in [5.74, 6) is -0.432. The molecule has 0 aliphatic carbocycles. The number of carbonyl (C=O) groups is 2. The Kier molecular flexibility index (Phi) is 8.35. The predicted molar refractivity (Wildman–Crippen MR) is 102 cm³/mol. The average molecular weight is 380 g/mol. The van der Waals surface area contributed by atoms with E-state index in [1.807, 2.05) is 25.0 Å². The molecule has 0 saturated carbocycles. The van der Waals surface area contributed by atoms with E-state index in [0.717, 1.165) is 48.0 Å². The van der Waals surface area contributed by atoms with E-state index in [0.29, 0.717) is 6.42 Å². The van der Waals surface area contributed by atoms with Crippen LogP contribution in [0.3, 0.4) is 0 Å². The maximum absolute atomic E-state index is 12.2. The maximum atomic E-state index is 12.2. The zero-order valence-corrected chi connectivity index (χ0v) is 16.9. The van der Waals surface area contributed by atoms with Crippen LogP contribution in [0.5, 0.6) is 0 Å². The summed E-state index contributed by atoms with van der Waals surface area (Å²) in [5, 5.41) is 0.741. The summed E-state index contributed by atoms with van der Waals surface area (Å²) in [7, 11) is 0. The highest BCUT2D eigenvalue weighted by molar-refractivity contribution is 7.98. The molecule has 0 bridgehead atoms. The second kappa shape index (κ2) is 10.5. The summed E-state index contributed by atoms with van der Waals surface area (Å²) >= 11 is 1.50. The lowest BCUT2D eigenvalue weighted by Gasteiger charge is -2.24. The number of thioether (sulfide) groups is 1. The van der Waals surface area contributed by atoms with Gasteiger partial charge in [0, 0.05) is 30.9 Å². The smallest absolute Gasteiger partial charge is 0.306 e. The van der Waals surface area contributed by atoms with Crippen molar-refractivity contribution >= 4 is 23.6 Å². The molecule has 1 saturated heterocycles. The van der Waals surface area contributed by atoms with Crippen LogP contribution < -0.4 is 0 Å². The van der Waals surface area contributed by atoms with Gasteiger partial charge in [0.25, 0.3) is 5.91 Å². The molecule has 0 unspecified atom stereocenters. The van der Waals surface area contributed by atoms with E-state index in [9.17, 15) is 9.59 Å². The molecule has 0 atom stereocenters. The molecule has 0 radical (unpaired) electrons. The van der Waals surface area contributed by atoms with Crippen LogP contribution in [-0.4, -0.2) is 52.7 Å². The summed E-state index contributed by atoms with van der Waals surface area (Å²) in [4.78, 5) is 35.0. The largest absolute Gasteiger partial charge is 0.456 e. The molecule has 1 aliphatic rings. The zero-order chi connectivity index (χ0) is 18.9. The number of likely N-dealkylation sites (tertiary alicyclic amines) is 1. The van der Waals surface area contributed by atoms with Crippen molar-refractivity contribution < 1.29 is 14.3 Å². The topological polar surface area (TPSA) is 72.4 Å². The molecule has 0 N–H and O–H groups in total. The third-order valence-electron chi connectivity index (χ3n) is 4.73. The second-order valence-corrected chi connectivity index (χ2v) is 7.44. The number of esters is 1. The number of aryl methyl sites for hydroxylation is 2. The molecular weight excluding hydrogens is 350 g/mol. The van der Waals surface area contributed by atoms with Crippen LogP contribution in [0.1, 0.15) is 55.5 Å². The standard InChI is InChI=1S/C19H29N3O3S/c1-14-16(15(2)21-19(20-14)26-3)9-10-18(24)25-13-17(23)22-11-7-5-4-6-8-12-22/h4-13H2,1-3H3. The van der Waals surface area contributed by atoms with Gasteiger partial charge in [0.05, 0.1) is 0 Å². The van der Waals surface area contributed by atoms with Crippen LogP contribution in [0, 0.1) is 13.8 Å². The van der Waals surface area contributed by atoms with Gasteiger partial charge in [0.15, 0.2) is 11.8 Å². The zero-order valence-electron chi connectivity index (χ0n) is 16.0. The van der Waals surface area contributed by atoms with Crippen molar-refractivity contribution in [2.24, 2.45) is 0 Å². The van der Waals surface area contributed by atoms with E-state index < -0.39 is 0 Å². The number of hydrogen-bond acceptors (Lipinski definition) is 6. The molecule has 26 heavy (non-hydrogen) atoms. The number of hydrogen-bond donors (Lipinski definition) is 0. The third kappa shape index (κ3) is 6.27. The Morgan fingerprint density at radius 1 is 1.04 bits per heavy atom. The molecular formula is C19H29N3O3S. The first-order valence-electron chi connectivity index (χ1n) is 9.32. The van der Waals surface area contributed by atoms with E-state index in [2.05, 4.69) is 9.97 Å². The Morgan fingerprint density at radius 3 is 2.19 bits per heavy atom. The lowest BCUT2D eigenvalue weighted by molar-refractivity contribution is -0.152. The van der Waals surface area contributed by atoms with E-state index in [4.69, 9.17) is 4.74 Å².